The van der Waals surface area contributed by atoms with E-state index < -0.39 is 44.4 Å². The Morgan fingerprint density at radius 2 is 1.42 bits per heavy atom. The van der Waals surface area contributed by atoms with Crippen LogP contribution in [0.2, 0.25) is 0 Å². The minimum Gasteiger partial charge on any atom is -0.379 e. The van der Waals surface area contributed by atoms with Crippen LogP contribution in [0.25, 0.3) is 0 Å². The van der Waals surface area contributed by atoms with Crippen LogP contribution in [0.4, 0.5) is 32.0 Å². The number of carbonyl (C=O) groups excluding carboxylic acids is 1. The highest BCUT2D eigenvalue weighted by molar-refractivity contribution is 7.89. The second-order valence-corrected chi connectivity index (χ2v) is 10.8. The number of sulfonamides is 1. The van der Waals surface area contributed by atoms with Gasteiger partial charge in [0.25, 0.3) is 0 Å². The Bertz CT molecular complexity index is 1240. The monoisotopic (exact) mass is 536 g/mol. The third-order valence-electron chi connectivity index (χ3n) is 6.83. The van der Waals surface area contributed by atoms with Crippen molar-refractivity contribution in [2.75, 3.05) is 24.5 Å². The Labute approximate surface area is 203 Å². The summed E-state index contributed by atoms with van der Waals surface area (Å²) in [6.07, 6.45) is -11.8. The van der Waals surface area contributed by atoms with Crippen molar-refractivity contribution in [2.24, 2.45) is 5.41 Å². The predicted octanol–water partition coefficient (Wildman–Crippen LogP) is 4.51. The van der Waals surface area contributed by atoms with Gasteiger partial charge in [-0.15, -0.1) is 0 Å². The Balaban J connectivity index is 1.48. The normalized spacial score (nSPS) is 20.2. The molecule has 0 saturated carbocycles. The number of hydrogen-bond acceptors (Lipinski definition) is 4. The van der Waals surface area contributed by atoms with E-state index >= 15 is 0 Å². The first-order valence-corrected chi connectivity index (χ1v) is 12.4. The number of benzene rings is 2. The molecule has 2 aliphatic heterocycles. The summed E-state index contributed by atoms with van der Waals surface area (Å²) in [7, 11) is -4.46. The van der Waals surface area contributed by atoms with E-state index in [1.807, 2.05) is 0 Å². The van der Waals surface area contributed by atoms with Gasteiger partial charge in [0.1, 0.15) is 0 Å². The van der Waals surface area contributed by atoms with E-state index in [1.54, 1.807) is 0 Å². The van der Waals surface area contributed by atoms with Crippen molar-refractivity contribution < 1.29 is 44.7 Å². The van der Waals surface area contributed by atoms with E-state index in [4.69, 9.17) is 0 Å². The first kappa shape index (κ1) is 26.4. The molecule has 0 radical (unpaired) electrons. The average Bonchev–Trinajstić information content (AvgIpc) is 3.13. The number of carbonyl (C=O) groups is 1. The number of halogens is 6. The molecule has 1 atom stereocenters. The highest BCUT2D eigenvalue weighted by Gasteiger charge is 2.50. The van der Waals surface area contributed by atoms with E-state index in [1.165, 1.54) is 23.1 Å². The van der Waals surface area contributed by atoms with E-state index in [2.05, 4.69) is 0 Å². The number of aliphatic hydroxyl groups excluding tert-OH is 1. The van der Waals surface area contributed by atoms with Crippen LogP contribution in [-0.4, -0.2) is 49.5 Å². The van der Waals surface area contributed by atoms with Gasteiger partial charge in [-0.05, 0) is 49.1 Å². The molecule has 36 heavy (non-hydrogen) atoms. The SMILES string of the molecule is O=C1N(c2ccc(C(O)C(F)(F)F)cc2)CCC12CCN(S(=O)(=O)c1ccccc1C(F)(F)F)CC2. The van der Waals surface area contributed by atoms with Gasteiger partial charge in [0.2, 0.25) is 15.9 Å². The molecule has 0 aromatic heterocycles. The molecule has 2 fully saturated rings. The van der Waals surface area contributed by atoms with Crippen molar-refractivity contribution >= 4 is 21.6 Å². The fourth-order valence-corrected chi connectivity index (χ4v) is 6.43. The lowest BCUT2D eigenvalue weighted by Gasteiger charge is -2.37. The first-order chi connectivity index (χ1) is 16.7. The van der Waals surface area contributed by atoms with Gasteiger partial charge in [0, 0.05) is 25.3 Å². The van der Waals surface area contributed by atoms with Crippen molar-refractivity contribution in [2.45, 2.75) is 42.6 Å². The average molecular weight is 536 g/mol. The van der Waals surface area contributed by atoms with Gasteiger partial charge in [-0.2, -0.15) is 30.6 Å². The van der Waals surface area contributed by atoms with Crippen LogP contribution in [0, 0.1) is 5.41 Å². The number of amides is 1. The van der Waals surface area contributed by atoms with E-state index in [0.717, 1.165) is 28.6 Å². The maximum atomic E-state index is 13.4. The Kier molecular flexibility index (Phi) is 6.63. The summed E-state index contributed by atoms with van der Waals surface area (Å²) in [4.78, 5) is 13.8. The van der Waals surface area contributed by atoms with Crippen LogP contribution in [0.15, 0.2) is 53.4 Å². The molecule has 196 valence electrons. The summed E-state index contributed by atoms with van der Waals surface area (Å²) < 4.78 is 105. The minimum atomic E-state index is -4.85. The predicted molar refractivity (Wildman–Crippen MR) is 116 cm³/mol. The van der Waals surface area contributed by atoms with Crippen LogP contribution < -0.4 is 4.90 Å². The number of piperidine rings is 1. The number of alkyl halides is 6. The van der Waals surface area contributed by atoms with Crippen LogP contribution in [-0.2, 0) is 21.0 Å². The van der Waals surface area contributed by atoms with Gasteiger partial charge in [-0.1, -0.05) is 24.3 Å². The van der Waals surface area contributed by atoms with Crippen molar-refractivity contribution in [1.82, 2.24) is 4.31 Å². The van der Waals surface area contributed by atoms with Crippen molar-refractivity contribution in [1.29, 1.82) is 0 Å². The number of rotatable bonds is 4. The third kappa shape index (κ3) is 4.71. The lowest BCUT2D eigenvalue weighted by Crippen LogP contribution is -2.46. The quantitative estimate of drug-likeness (QED) is 0.584. The van der Waals surface area contributed by atoms with Gasteiger partial charge < -0.3 is 10.0 Å². The molecule has 2 aromatic carbocycles. The Morgan fingerprint density at radius 1 is 0.861 bits per heavy atom. The zero-order valence-electron chi connectivity index (χ0n) is 18.7. The van der Waals surface area contributed by atoms with Gasteiger partial charge in [0.15, 0.2) is 6.10 Å². The molecule has 2 aliphatic rings. The molecule has 1 amide bonds. The molecular weight excluding hydrogens is 514 g/mol. The molecule has 2 heterocycles. The third-order valence-corrected chi connectivity index (χ3v) is 8.79. The number of aliphatic hydroxyl groups is 1. The molecule has 2 aromatic rings. The van der Waals surface area contributed by atoms with Gasteiger partial charge >= 0.3 is 12.4 Å². The van der Waals surface area contributed by atoms with Crippen LogP contribution >= 0.6 is 0 Å². The van der Waals surface area contributed by atoms with E-state index in [-0.39, 0.29) is 43.9 Å². The topological polar surface area (TPSA) is 77.9 Å². The van der Waals surface area contributed by atoms with Crippen LogP contribution in [0.5, 0.6) is 0 Å². The largest absolute Gasteiger partial charge is 0.418 e. The maximum absolute atomic E-state index is 13.4. The van der Waals surface area contributed by atoms with Crippen molar-refractivity contribution in [3.63, 3.8) is 0 Å². The lowest BCUT2D eigenvalue weighted by molar-refractivity contribution is -0.206. The summed E-state index contributed by atoms with van der Waals surface area (Å²) in [5, 5.41) is 9.38. The summed E-state index contributed by atoms with van der Waals surface area (Å²) in [5.74, 6) is -0.320. The molecule has 4 rings (SSSR count). The second kappa shape index (κ2) is 9.03. The summed E-state index contributed by atoms with van der Waals surface area (Å²) in [6.45, 7) is -0.0424. The molecule has 0 aliphatic carbocycles. The molecule has 13 heteroatoms. The molecule has 1 unspecified atom stereocenters. The van der Waals surface area contributed by atoms with Gasteiger partial charge in [-0.25, -0.2) is 8.42 Å². The van der Waals surface area contributed by atoms with E-state index in [9.17, 15) is 44.7 Å². The van der Waals surface area contributed by atoms with Crippen molar-refractivity contribution in [3.8, 4) is 0 Å². The number of nitrogens with zero attached hydrogens (tertiary/aromatic N) is 2. The summed E-state index contributed by atoms with van der Waals surface area (Å²) >= 11 is 0. The molecule has 1 N–H and O–H groups in total. The zero-order valence-corrected chi connectivity index (χ0v) is 19.5. The molecule has 2 saturated heterocycles. The van der Waals surface area contributed by atoms with Crippen LogP contribution in [0.3, 0.4) is 0 Å². The highest BCUT2D eigenvalue weighted by atomic mass is 32.2. The summed E-state index contributed by atoms with van der Waals surface area (Å²) in [5.41, 5.74) is -2.21. The fraction of sp³-hybridized carbons (Fsp3) is 0.435. The molecule has 1 spiro atoms. The minimum absolute atomic E-state index is 0.0978. The van der Waals surface area contributed by atoms with E-state index in [0.29, 0.717) is 18.2 Å². The lowest BCUT2D eigenvalue weighted by atomic mass is 9.77. The Morgan fingerprint density at radius 3 is 1.97 bits per heavy atom. The zero-order chi connectivity index (χ0) is 26.5. The van der Waals surface area contributed by atoms with Gasteiger partial charge in [0.05, 0.1) is 15.9 Å². The highest BCUT2D eigenvalue weighted by Crippen LogP contribution is 2.45. The number of hydrogen-bond donors (Lipinski definition) is 1. The Hall–Kier alpha value is -2.64. The standard InChI is InChI=1S/C23H22F6N2O4S/c24-22(25,26)17-3-1-2-4-18(17)36(34,35)30-12-9-21(10-13-30)11-14-31(20(21)33)16-7-5-15(6-8-16)19(32)23(27,28)29/h1-8,19,32H,9-14H2. The summed E-state index contributed by atoms with van der Waals surface area (Å²) in [6, 6.07) is 8.70. The second-order valence-electron chi connectivity index (χ2n) is 8.92. The van der Waals surface area contributed by atoms with Crippen LogP contribution in [0.1, 0.15) is 36.5 Å². The molecular formula is C23H22F6N2O4S. The smallest absolute Gasteiger partial charge is 0.379 e. The number of anilines is 1. The van der Waals surface area contributed by atoms with Gasteiger partial charge in [-0.3, -0.25) is 4.79 Å². The molecule has 6 nitrogen and oxygen atoms in total. The first-order valence-electron chi connectivity index (χ1n) is 11.0. The maximum Gasteiger partial charge on any atom is 0.418 e. The van der Waals surface area contributed by atoms with Crippen molar-refractivity contribution in [3.05, 3.63) is 59.7 Å². The molecule has 0 bridgehead atoms. The fourth-order valence-electron chi connectivity index (χ4n) is 4.78.